The molecule has 1 heterocycles. The van der Waals surface area contributed by atoms with E-state index in [-0.39, 0.29) is 10.8 Å². The maximum absolute atomic E-state index is 12.5. The predicted octanol–water partition coefficient (Wildman–Crippen LogP) is 2.52. The quantitative estimate of drug-likeness (QED) is 0.476. The Labute approximate surface area is 186 Å². The molecule has 0 aliphatic carbocycles. The Kier molecular flexibility index (Phi) is 6.46. The van der Waals surface area contributed by atoms with Gasteiger partial charge >= 0.3 is 0 Å². The van der Waals surface area contributed by atoms with Gasteiger partial charge in [-0.15, -0.1) is 0 Å². The zero-order valence-electron chi connectivity index (χ0n) is 17.4. The lowest BCUT2D eigenvalue weighted by Crippen LogP contribution is -2.16. The summed E-state index contributed by atoms with van der Waals surface area (Å²) in [4.78, 5) is 20.4. The Bertz CT molecular complexity index is 1370. The lowest BCUT2D eigenvalue weighted by molar-refractivity contribution is 0.102. The molecule has 0 fully saturated rings. The van der Waals surface area contributed by atoms with Crippen LogP contribution in [0, 0.1) is 13.8 Å². The maximum atomic E-state index is 12.5. The minimum Gasteiger partial charge on any atom is -0.322 e. The highest BCUT2D eigenvalue weighted by Gasteiger charge is 2.16. The van der Waals surface area contributed by atoms with Crippen molar-refractivity contribution in [3.63, 3.8) is 0 Å². The van der Waals surface area contributed by atoms with Crippen LogP contribution in [0.1, 0.15) is 21.6 Å². The standard InChI is InChI=1S/C20H21N5O5S2/c1-13-12-15(4-9-18(13)24-31(3,27)28)19(26)23-16-5-7-17(8-6-16)32(29,30)25-20-21-11-10-14(2)22-20/h4-12,24H,1-3H3,(H,23,26)(H,21,22,25). The highest BCUT2D eigenvalue weighted by molar-refractivity contribution is 7.92. The third-order valence-corrected chi connectivity index (χ3v) is 6.16. The topological polar surface area (TPSA) is 147 Å². The second-order valence-corrected chi connectivity index (χ2v) is 10.4. The molecule has 0 saturated heterocycles. The first-order chi connectivity index (χ1) is 14.9. The van der Waals surface area contributed by atoms with Crippen molar-refractivity contribution >= 4 is 43.3 Å². The molecule has 1 amide bonds. The SMILES string of the molecule is Cc1ccnc(NS(=O)(=O)c2ccc(NC(=O)c3ccc(NS(C)(=O)=O)c(C)c3)cc2)n1. The van der Waals surface area contributed by atoms with E-state index in [9.17, 15) is 21.6 Å². The van der Waals surface area contributed by atoms with Gasteiger partial charge in [0.05, 0.1) is 16.8 Å². The number of anilines is 3. The molecule has 2 aromatic carbocycles. The summed E-state index contributed by atoms with van der Waals surface area (Å²) in [6, 6.07) is 11.8. The van der Waals surface area contributed by atoms with E-state index in [1.54, 1.807) is 26.0 Å². The van der Waals surface area contributed by atoms with Crippen LogP contribution in [0.5, 0.6) is 0 Å². The smallest absolute Gasteiger partial charge is 0.264 e. The van der Waals surface area contributed by atoms with Gasteiger partial charge in [-0.3, -0.25) is 9.52 Å². The molecule has 0 bridgehead atoms. The van der Waals surface area contributed by atoms with Crippen LogP contribution in [-0.2, 0) is 20.0 Å². The molecule has 0 atom stereocenters. The first kappa shape index (κ1) is 23.2. The molecule has 3 N–H and O–H groups in total. The number of rotatable bonds is 7. The monoisotopic (exact) mass is 475 g/mol. The maximum Gasteiger partial charge on any atom is 0.264 e. The molecule has 0 aliphatic heterocycles. The van der Waals surface area contributed by atoms with Gasteiger partial charge in [0.15, 0.2) is 0 Å². The van der Waals surface area contributed by atoms with Gasteiger partial charge in [0.2, 0.25) is 16.0 Å². The first-order valence-electron chi connectivity index (χ1n) is 9.25. The van der Waals surface area contributed by atoms with Crippen LogP contribution in [0.25, 0.3) is 0 Å². The molecular weight excluding hydrogens is 454 g/mol. The van der Waals surface area contributed by atoms with E-state index in [4.69, 9.17) is 0 Å². The van der Waals surface area contributed by atoms with Crippen molar-refractivity contribution < 1.29 is 21.6 Å². The largest absolute Gasteiger partial charge is 0.322 e. The van der Waals surface area contributed by atoms with Crippen molar-refractivity contribution in [2.45, 2.75) is 18.7 Å². The van der Waals surface area contributed by atoms with Crippen LogP contribution in [-0.4, -0.2) is 39.0 Å². The summed E-state index contributed by atoms with van der Waals surface area (Å²) in [6.07, 6.45) is 2.49. The molecule has 0 aliphatic rings. The van der Waals surface area contributed by atoms with Gasteiger partial charge in [0.25, 0.3) is 15.9 Å². The number of carbonyl (C=O) groups is 1. The number of hydrogen-bond acceptors (Lipinski definition) is 7. The van der Waals surface area contributed by atoms with Gasteiger partial charge in [-0.1, -0.05) is 0 Å². The van der Waals surface area contributed by atoms with Crippen LogP contribution in [0.3, 0.4) is 0 Å². The van der Waals surface area contributed by atoms with Crippen molar-refractivity contribution in [3.8, 4) is 0 Å². The molecule has 1 aromatic heterocycles. The van der Waals surface area contributed by atoms with Crippen LogP contribution < -0.4 is 14.8 Å². The fraction of sp³-hybridized carbons (Fsp3) is 0.150. The Balaban J connectivity index is 1.71. The molecule has 3 aromatic rings. The number of amides is 1. The lowest BCUT2D eigenvalue weighted by atomic mass is 10.1. The van der Waals surface area contributed by atoms with E-state index in [1.807, 2.05) is 0 Å². The fourth-order valence-electron chi connectivity index (χ4n) is 2.72. The van der Waals surface area contributed by atoms with Gasteiger partial charge in [-0.05, 0) is 67.9 Å². The number of sulfonamides is 2. The van der Waals surface area contributed by atoms with Crippen LogP contribution in [0.15, 0.2) is 59.6 Å². The van der Waals surface area contributed by atoms with Crippen molar-refractivity contribution in [3.05, 3.63) is 71.5 Å². The number of nitrogens with one attached hydrogen (secondary N) is 3. The molecule has 10 nitrogen and oxygen atoms in total. The molecular formula is C20H21N5O5S2. The summed E-state index contributed by atoms with van der Waals surface area (Å²) in [7, 11) is -7.33. The van der Waals surface area contributed by atoms with Crippen molar-refractivity contribution in [2.24, 2.45) is 0 Å². The average Bonchev–Trinajstić information content (AvgIpc) is 2.68. The molecule has 0 saturated carbocycles. The Morgan fingerprint density at radius 3 is 2.19 bits per heavy atom. The predicted molar refractivity (Wildman–Crippen MR) is 122 cm³/mol. The summed E-state index contributed by atoms with van der Waals surface area (Å²) in [6.45, 7) is 3.39. The van der Waals surface area contributed by atoms with Crippen LogP contribution in [0.4, 0.5) is 17.3 Å². The normalized spacial score (nSPS) is 11.6. The van der Waals surface area contributed by atoms with Gasteiger partial charge in [-0.2, -0.15) is 0 Å². The third-order valence-electron chi connectivity index (χ3n) is 4.23. The van der Waals surface area contributed by atoms with Gasteiger partial charge < -0.3 is 5.32 Å². The van der Waals surface area contributed by atoms with Crippen molar-refractivity contribution in [2.75, 3.05) is 21.0 Å². The zero-order valence-corrected chi connectivity index (χ0v) is 19.1. The summed E-state index contributed by atoms with van der Waals surface area (Å²) in [5, 5.41) is 2.67. The molecule has 3 rings (SSSR count). The highest BCUT2D eigenvalue weighted by Crippen LogP contribution is 2.20. The average molecular weight is 476 g/mol. The Hall–Kier alpha value is -3.51. The number of carbonyl (C=O) groups excluding carboxylic acids is 1. The Morgan fingerprint density at radius 1 is 0.906 bits per heavy atom. The van der Waals surface area contributed by atoms with Crippen molar-refractivity contribution in [1.29, 1.82) is 0 Å². The van der Waals surface area contributed by atoms with E-state index >= 15 is 0 Å². The van der Waals surface area contributed by atoms with E-state index in [1.165, 1.54) is 42.6 Å². The van der Waals surface area contributed by atoms with Gasteiger partial charge in [0.1, 0.15) is 0 Å². The second kappa shape index (κ2) is 8.93. The van der Waals surface area contributed by atoms with E-state index in [2.05, 4.69) is 24.7 Å². The minimum absolute atomic E-state index is 0.0207. The summed E-state index contributed by atoms with van der Waals surface area (Å²) in [5.74, 6) is -0.465. The van der Waals surface area contributed by atoms with Gasteiger partial charge in [-0.25, -0.2) is 31.5 Å². The Morgan fingerprint density at radius 2 is 1.59 bits per heavy atom. The molecule has 0 unspecified atom stereocenters. The van der Waals surface area contributed by atoms with E-state index in [0.29, 0.717) is 28.2 Å². The van der Waals surface area contributed by atoms with E-state index < -0.39 is 26.0 Å². The number of nitrogens with zero attached hydrogens (tertiary/aromatic N) is 2. The van der Waals surface area contributed by atoms with Crippen LogP contribution in [0.2, 0.25) is 0 Å². The number of hydrogen-bond donors (Lipinski definition) is 3. The number of aromatic nitrogens is 2. The van der Waals surface area contributed by atoms with Crippen molar-refractivity contribution in [1.82, 2.24) is 9.97 Å². The second-order valence-electron chi connectivity index (χ2n) is 7.01. The van der Waals surface area contributed by atoms with Crippen LogP contribution >= 0.6 is 0 Å². The molecule has 0 spiro atoms. The molecule has 12 heteroatoms. The molecule has 168 valence electrons. The number of aryl methyl sites for hydroxylation is 2. The lowest BCUT2D eigenvalue weighted by Gasteiger charge is -2.11. The third kappa shape index (κ3) is 6.02. The summed E-state index contributed by atoms with van der Waals surface area (Å²) >= 11 is 0. The summed E-state index contributed by atoms with van der Waals surface area (Å²) in [5.41, 5.74) is 2.28. The first-order valence-corrected chi connectivity index (χ1v) is 12.6. The van der Waals surface area contributed by atoms with E-state index in [0.717, 1.165) is 6.26 Å². The number of benzene rings is 2. The van der Waals surface area contributed by atoms with Gasteiger partial charge in [0, 0.05) is 23.1 Å². The zero-order chi connectivity index (χ0) is 23.5. The summed E-state index contributed by atoms with van der Waals surface area (Å²) < 4.78 is 52.5. The fourth-order valence-corrected chi connectivity index (χ4v) is 4.30. The molecule has 32 heavy (non-hydrogen) atoms. The minimum atomic E-state index is -3.90. The molecule has 0 radical (unpaired) electrons. The highest BCUT2D eigenvalue weighted by atomic mass is 32.2.